The van der Waals surface area contributed by atoms with Crippen LogP contribution in [0.25, 0.3) is 0 Å². The van der Waals surface area contributed by atoms with Crippen LogP contribution in [0.4, 0.5) is 0 Å². The molecule has 1 heterocycles. The van der Waals surface area contributed by atoms with Crippen LogP contribution in [0.3, 0.4) is 0 Å². The molecule has 0 radical (unpaired) electrons. The normalized spacial score (nSPS) is 29.7. The highest BCUT2D eigenvalue weighted by Crippen LogP contribution is 2.25. The van der Waals surface area contributed by atoms with Gasteiger partial charge >= 0.3 is 0 Å². The zero-order valence-corrected chi connectivity index (χ0v) is 11.8. The molecule has 0 aliphatic carbocycles. The van der Waals surface area contributed by atoms with Gasteiger partial charge in [0.25, 0.3) is 0 Å². The number of sulfonamides is 1. The van der Waals surface area contributed by atoms with E-state index in [1.165, 1.54) is 0 Å². The lowest BCUT2D eigenvalue weighted by molar-refractivity contribution is 0.0957. The first kappa shape index (κ1) is 14.9. The van der Waals surface area contributed by atoms with Gasteiger partial charge in [-0.2, -0.15) is 0 Å². The Kier molecular flexibility index (Phi) is 5.37. The standard InChI is InChI=1S/C11H24N2O3S/c1-4-12-7-5-9-17(14,15)13-11(3)6-8-16-10(11)2/h10,12-13H,4-9H2,1-3H3. The summed E-state index contributed by atoms with van der Waals surface area (Å²) in [6.45, 7) is 8.06. The van der Waals surface area contributed by atoms with E-state index in [1.54, 1.807) is 0 Å². The Hall–Kier alpha value is -0.170. The molecule has 1 aliphatic rings. The molecule has 5 nitrogen and oxygen atoms in total. The second kappa shape index (κ2) is 6.13. The summed E-state index contributed by atoms with van der Waals surface area (Å²) in [5.41, 5.74) is -0.447. The van der Waals surface area contributed by atoms with Crippen molar-refractivity contribution in [2.24, 2.45) is 0 Å². The molecule has 2 atom stereocenters. The Morgan fingerprint density at radius 1 is 1.47 bits per heavy atom. The van der Waals surface area contributed by atoms with Crippen LogP contribution in [0, 0.1) is 0 Å². The van der Waals surface area contributed by atoms with Crippen LogP contribution < -0.4 is 10.0 Å². The van der Waals surface area contributed by atoms with E-state index in [1.807, 2.05) is 20.8 Å². The predicted molar refractivity (Wildman–Crippen MR) is 68.5 cm³/mol. The Morgan fingerprint density at radius 2 is 2.18 bits per heavy atom. The van der Waals surface area contributed by atoms with E-state index in [-0.39, 0.29) is 11.9 Å². The second-order valence-corrected chi connectivity index (χ2v) is 6.65. The third-order valence-corrected chi connectivity index (χ3v) is 4.90. The summed E-state index contributed by atoms with van der Waals surface area (Å²) in [6.07, 6.45) is 1.31. The van der Waals surface area contributed by atoms with Crippen molar-refractivity contribution in [1.29, 1.82) is 0 Å². The summed E-state index contributed by atoms with van der Waals surface area (Å²) in [6, 6.07) is 0. The number of hydrogen-bond acceptors (Lipinski definition) is 4. The Morgan fingerprint density at radius 3 is 2.71 bits per heavy atom. The highest BCUT2D eigenvalue weighted by molar-refractivity contribution is 7.89. The summed E-state index contributed by atoms with van der Waals surface area (Å²) in [7, 11) is -3.21. The monoisotopic (exact) mass is 264 g/mol. The first-order valence-corrected chi connectivity index (χ1v) is 7.89. The summed E-state index contributed by atoms with van der Waals surface area (Å²) in [4.78, 5) is 0. The van der Waals surface area contributed by atoms with Gasteiger partial charge in [-0.3, -0.25) is 0 Å². The molecule has 0 bridgehead atoms. The topological polar surface area (TPSA) is 67.4 Å². The largest absolute Gasteiger partial charge is 0.376 e. The first-order chi connectivity index (χ1) is 7.90. The molecule has 1 aliphatic heterocycles. The third kappa shape index (κ3) is 4.54. The van der Waals surface area contributed by atoms with Crippen molar-refractivity contribution in [3.63, 3.8) is 0 Å². The van der Waals surface area contributed by atoms with Gasteiger partial charge in [0, 0.05) is 6.61 Å². The van der Waals surface area contributed by atoms with Gasteiger partial charge in [0.15, 0.2) is 0 Å². The van der Waals surface area contributed by atoms with Crippen molar-refractivity contribution >= 4 is 10.0 Å². The number of ether oxygens (including phenoxy) is 1. The van der Waals surface area contributed by atoms with E-state index in [0.29, 0.717) is 13.0 Å². The maximum Gasteiger partial charge on any atom is 0.212 e. The maximum absolute atomic E-state index is 11.9. The molecule has 102 valence electrons. The fourth-order valence-electron chi connectivity index (χ4n) is 1.94. The lowest BCUT2D eigenvalue weighted by Gasteiger charge is -2.28. The number of nitrogens with one attached hydrogen (secondary N) is 2. The van der Waals surface area contributed by atoms with Crippen molar-refractivity contribution in [2.45, 2.75) is 45.3 Å². The highest BCUT2D eigenvalue weighted by Gasteiger charge is 2.39. The zero-order valence-electron chi connectivity index (χ0n) is 11.0. The molecule has 6 heteroatoms. The molecule has 0 aromatic carbocycles. The summed E-state index contributed by atoms with van der Waals surface area (Å²) < 4.78 is 32.0. The molecule has 1 fully saturated rings. The van der Waals surface area contributed by atoms with Crippen molar-refractivity contribution in [3.05, 3.63) is 0 Å². The summed E-state index contributed by atoms with van der Waals surface area (Å²) in [5, 5.41) is 3.12. The molecule has 0 spiro atoms. The van der Waals surface area contributed by atoms with Crippen molar-refractivity contribution < 1.29 is 13.2 Å². The van der Waals surface area contributed by atoms with E-state index in [0.717, 1.165) is 19.5 Å². The van der Waals surface area contributed by atoms with Crippen molar-refractivity contribution in [2.75, 3.05) is 25.4 Å². The summed E-state index contributed by atoms with van der Waals surface area (Å²) >= 11 is 0. The summed E-state index contributed by atoms with van der Waals surface area (Å²) in [5.74, 6) is 0.169. The van der Waals surface area contributed by atoms with Gasteiger partial charge in [-0.05, 0) is 39.8 Å². The van der Waals surface area contributed by atoms with Crippen LogP contribution in [0.5, 0.6) is 0 Å². The lowest BCUT2D eigenvalue weighted by atomic mass is 9.97. The molecule has 0 saturated carbocycles. The molecule has 17 heavy (non-hydrogen) atoms. The number of hydrogen-bond donors (Lipinski definition) is 2. The van der Waals surface area contributed by atoms with Gasteiger partial charge in [0.05, 0.1) is 17.4 Å². The van der Waals surface area contributed by atoms with Gasteiger partial charge < -0.3 is 10.1 Å². The molecule has 0 aromatic heterocycles. The average molecular weight is 264 g/mol. The Labute approximate surface area is 104 Å². The predicted octanol–water partition coefficient (Wildman–Crippen LogP) is 0.473. The molecular formula is C11H24N2O3S. The lowest BCUT2D eigenvalue weighted by Crippen LogP contribution is -2.51. The zero-order chi connectivity index (χ0) is 12.9. The van der Waals surface area contributed by atoms with Gasteiger partial charge in [-0.1, -0.05) is 6.92 Å². The van der Waals surface area contributed by atoms with Crippen LogP contribution in [0.15, 0.2) is 0 Å². The van der Waals surface area contributed by atoms with E-state index < -0.39 is 15.6 Å². The van der Waals surface area contributed by atoms with E-state index in [9.17, 15) is 8.42 Å². The third-order valence-electron chi connectivity index (χ3n) is 3.29. The SMILES string of the molecule is CCNCCCS(=O)(=O)NC1(C)CCOC1C. The van der Waals surface area contributed by atoms with Crippen LogP contribution in [0.2, 0.25) is 0 Å². The minimum absolute atomic E-state index is 0.0639. The van der Waals surface area contributed by atoms with Crippen LogP contribution >= 0.6 is 0 Å². The molecular weight excluding hydrogens is 240 g/mol. The minimum atomic E-state index is -3.21. The minimum Gasteiger partial charge on any atom is -0.376 e. The maximum atomic E-state index is 11.9. The van der Waals surface area contributed by atoms with Crippen LogP contribution in [-0.2, 0) is 14.8 Å². The fraction of sp³-hybridized carbons (Fsp3) is 1.00. The van der Waals surface area contributed by atoms with E-state index >= 15 is 0 Å². The van der Waals surface area contributed by atoms with Crippen LogP contribution in [-0.4, -0.2) is 45.5 Å². The molecule has 1 rings (SSSR count). The van der Waals surface area contributed by atoms with Crippen molar-refractivity contribution in [3.8, 4) is 0 Å². The van der Waals surface area contributed by atoms with E-state index in [4.69, 9.17) is 4.74 Å². The van der Waals surface area contributed by atoms with Gasteiger partial charge in [-0.25, -0.2) is 13.1 Å². The van der Waals surface area contributed by atoms with E-state index in [2.05, 4.69) is 10.0 Å². The fourth-order valence-corrected chi connectivity index (χ4v) is 3.54. The highest BCUT2D eigenvalue weighted by atomic mass is 32.2. The molecule has 0 aromatic rings. The Bertz CT molecular complexity index is 332. The van der Waals surface area contributed by atoms with Gasteiger partial charge in [0.1, 0.15) is 0 Å². The van der Waals surface area contributed by atoms with Gasteiger partial charge in [-0.15, -0.1) is 0 Å². The smallest absolute Gasteiger partial charge is 0.212 e. The first-order valence-electron chi connectivity index (χ1n) is 6.23. The quantitative estimate of drug-likeness (QED) is 0.656. The Balaban J connectivity index is 2.43. The van der Waals surface area contributed by atoms with Gasteiger partial charge in [0.2, 0.25) is 10.0 Å². The molecule has 2 N–H and O–H groups in total. The van der Waals surface area contributed by atoms with Crippen molar-refractivity contribution in [1.82, 2.24) is 10.0 Å². The average Bonchev–Trinajstić information content (AvgIpc) is 2.53. The second-order valence-electron chi connectivity index (χ2n) is 4.81. The molecule has 0 amide bonds. The molecule has 1 saturated heterocycles. The van der Waals surface area contributed by atoms with Crippen LogP contribution in [0.1, 0.15) is 33.6 Å². The number of rotatable bonds is 7. The molecule has 2 unspecified atom stereocenters.